The summed E-state index contributed by atoms with van der Waals surface area (Å²) in [6.07, 6.45) is 3.95. The fraction of sp³-hybridized carbons (Fsp3) is 0.500. The van der Waals surface area contributed by atoms with Crippen molar-refractivity contribution in [2.75, 3.05) is 6.26 Å². The molecule has 3 nitrogen and oxygen atoms in total. The molecule has 0 spiro atoms. The van der Waals surface area contributed by atoms with Crippen molar-refractivity contribution in [2.24, 2.45) is 0 Å². The normalized spacial score (nSPS) is 25.1. The van der Waals surface area contributed by atoms with Crippen molar-refractivity contribution in [1.29, 1.82) is 0 Å². The summed E-state index contributed by atoms with van der Waals surface area (Å²) in [5, 5.41) is 9.97. The van der Waals surface area contributed by atoms with E-state index in [1.807, 2.05) is 12.1 Å². The quantitative estimate of drug-likeness (QED) is 0.915. The molecule has 1 aliphatic rings. The van der Waals surface area contributed by atoms with Gasteiger partial charge in [0.25, 0.3) is 0 Å². The van der Waals surface area contributed by atoms with Gasteiger partial charge in [-0.1, -0.05) is 0 Å². The molecule has 0 bridgehead atoms. The van der Waals surface area contributed by atoms with Crippen LogP contribution in [0.2, 0.25) is 0 Å². The molecule has 1 fully saturated rings. The Balaban J connectivity index is 2.08. The molecule has 0 saturated heterocycles. The zero-order valence-electron chi connectivity index (χ0n) is 9.67. The third-order valence-electron chi connectivity index (χ3n) is 2.96. The number of aliphatic hydroxyl groups is 1. The molecular weight excluding hydrogens is 256 g/mol. The summed E-state index contributed by atoms with van der Waals surface area (Å²) in [5.74, 6) is 0. The van der Waals surface area contributed by atoms with Gasteiger partial charge in [0.05, 0.1) is 11.0 Å². The number of hydrogen-bond donors (Lipinski definition) is 1. The van der Waals surface area contributed by atoms with Gasteiger partial charge in [-0.15, -0.1) is 11.8 Å². The predicted octanol–water partition coefficient (Wildman–Crippen LogP) is 2.10. The Labute approximate surface area is 106 Å². The maximum absolute atomic E-state index is 11.3. The molecule has 5 heteroatoms. The van der Waals surface area contributed by atoms with Gasteiger partial charge in [-0.25, -0.2) is 8.42 Å². The Morgan fingerprint density at radius 3 is 2.35 bits per heavy atom. The van der Waals surface area contributed by atoms with E-state index < -0.39 is 9.84 Å². The van der Waals surface area contributed by atoms with Crippen LogP contribution in [0.1, 0.15) is 19.3 Å². The van der Waals surface area contributed by atoms with Crippen LogP contribution < -0.4 is 0 Å². The third kappa shape index (κ3) is 3.24. The molecule has 1 aliphatic carbocycles. The topological polar surface area (TPSA) is 54.4 Å². The van der Waals surface area contributed by atoms with E-state index in [0.717, 1.165) is 24.2 Å². The van der Waals surface area contributed by atoms with Crippen molar-refractivity contribution >= 4 is 21.6 Å². The summed E-state index contributed by atoms with van der Waals surface area (Å²) in [6, 6.07) is 6.87. The van der Waals surface area contributed by atoms with Crippen LogP contribution in [0.4, 0.5) is 0 Å². The Kier molecular flexibility index (Phi) is 3.80. The Bertz CT molecular complexity index is 479. The molecule has 0 aromatic heterocycles. The lowest BCUT2D eigenvalue weighted by atomic mass is 10.3. The van der Waals surface area contributed by atoms with Crippen molar-refractivity contribution in [2.45, 2.75) is 40.4 Å². The molecule has 0 radical (unpaired) electrons. The first-order valence-electron chi connectivity index (χ1n) is 5.61. The summed E-state index contributed by atoms with van der Waals surface area (Å²) in [5.41, 5.74) is 0. The smallest absolute Gasteiger partial charge is 0.175 e. The Morgan fingerprint density at radius 1 is 1.24 bits per heavy atom. The molecule has 94 valence electrons. The zero-order chi connectivity index (χ0) is 12.5. The molecule has 1 N–H and O–H groups in total. The molecule has 17 heavy (non-hydrogen) atoms. The van der Waals surface area contributed by atoms with Gasteiger partial charge in [-0.2, -0.15) is 0 Å². The van der Waals surface area contributed by atoms with Crippen molar-refractivity contribution in [3.63, 3.8) is 0 Å². The SMILES string of the molecule is CS(=O)(=O)c1ccc(SC2CCCC2O)cc1. The largest absolute Gasteiger partial charge is 0.392 e. The summed E-state index contributed by atoms with van der Waals surface area (Å²) in [4.78, 5) is 1.36. The van der Waals surface area contributed by atoms with Crippen LogP contribution in [0, 0.1) is 0 Å². The maximum atomic E-state index is 11.3. The first-order chi connectivity index (χ1) is 7.97. The first-order valence-corrected chi connectivity index (χ1v) is 8.39. The minimum atomic E-state index is -3.12. The van der Waals surface area contributed by atoms with Crippen LogP contribution in [0.25, 0.3) is 0 Å². The number of benzene rings is 1. The highest BCUT2D eigenvalue weighted by atomic mass is 32.2. The lowest BCUT2D eigenvalue weighted by Gasteiger charge is -2.13. The van der Waals surface area contributed by atoms with Gasteiger partial charge >= 0.3 is 0 Å². The molecule has 0 heterocycles. The van der Waals surface area contributed by atoms with E-state index in [9.17, 15) is 13.5 Å². The summed E-state index contributed by atoms with van der Waals surface area (Å²) < 4.78 is 22.6. The highest BCUT2D eigenvalue weighted by Crippen LogP contribution is 2.35. The van der Waals surface area contributed by atoms with Crippen LogP contribution in [-0.4, -0.2) is 31.1 Å². The molecule has 2 atom stereocenters. The lowest BCUT2D eigenvalue weighted by Crippen LogP contribution is -2.14. The van der Waals surface area contributed by atoms with Crippen molar-refractivity contribution < 1.29 is 13.5 Å². The zero-order valence-corrected chi connectivity index (χ0v) is 11.3. The average Bonchev–Trinajstić information content (AvgIpc) is 2.64. The molecule has 2 unspecified atom stereocenters. The molecule has 0 aliphatic heterocycles. The molecule has 1 aromatic rings. The molecule has 0 amide bonds. The van der Waals surface area contributed by atoms with Gasteiger partial charge < -0.3 is 5.11 Å². The minimum absolute atomic E-state index is 0.227. The van der Waals surface area contributed by atoms with Gasteiger partial charge in [-0.3, -0.25) is 0 Å². The Hall–Kier alpha value is -0.520. The first kappa shape index (κ1) is 12.9. The number of aliphatic hydroxyl groups excluding tert-OH is 1. The van der Waals surface area contributed by atoms with Gasteiger partial charge in [0.1, 0.15) is 0 Å². The summed E-state index contributed by atoms with van der Waals surface area (Å²) in [6.45, 7) is 0. The molecular formula is C12H16O3S2. The molecule has 1 saturated carbocycles. The minimum Gasteiger partial charge on any atom is -0.392 e. The van der Waals surface area contributed by atoms with Crippen molar-refractivity contribution in [1.82, 2.24) is 0 Å². The number of rotatable bonds is 3. The summed E-state index contributed by atoms with van der Waals surface area (Å²) in [7, 11) is -3.12. The monoisotopic (exact) mass is 272 g/mol. The van der Waals surface area contributed by atoms with Gasteiger partial charge in [0, 0.05) is 16.4 Å². The fourth-order valence-electron chi connectivity index (χ4n) is 1.98. The Morgan fingerprint density at radius 2 is 1.88 bits per heavy atom. The van der Waals surface area contributed by atoms with E-state index in [4.69, 9.17) is 0 Å². The maximum Gasteiger partial charge on any atom is 0.175 e. The van der Waals surface area contributed by atoms with E-state index in [-0.39, 0.29) is 11.4 Å². The average molecular weight is 272 g/mol. The van der Waals surface area contributed by atoms with Crippen LogP contribution >= 0.6 is 11.8 Å². The number of thioether (sulfide) groups is 1. The predicted molar refractivity (Wildman–Crippen MR) is 69.1 cm³/mol. The van der Waals surface area contributed by atoms with Crippen LogP contribution in [-0.2, 0) is 9.84 Å². The number of hydrogen-bond acceptors (Lipinski definition) is 4. The second kappa shape index (κ2) is 5.00. The van der Waals surface area contributed by atoms with Gasteiger partial charge in [0.2, 0.25) is 0 Å². The highest BCUT2D eigenvalue weighted by molar-refractivity contribution is 8.00. The van der Waals surface area contributed by atoms with E-state index in [0.29, 0.717) is 4.90 Å². The lowest BCUT2D eigenvalue weighted by molar-refractivity contribution is 0.188. The van der Waals surface area contributed by atoms with E-state index in [1.54, 1.807) is 23.9 Å². The summed E-state index contributed by atoms with van der Waals surface area (Å²) >= 11 is 1.63. The fourth-order valence-corrected chi connectivity index (χ4v) is 3.84. The van der Waals surface area contributed by atoms with E-state index in [2.05, 4.69) is 0 Å². The molecule has 2 rings (SSSR count). The highest BCUT2D eigenvalue weighted by Gasteiger charge is 2.25. The third-order valence-corrected chi connectivity index (χ3v) is 5.48. The van der Waals surface area contributed by atoms with Gasteiger partial charge in [0.15, 0.2) is 9.84 Å². The van der Waals surface area contributed by atoms with E-state index >= 15 is 0 Å². The standard InChI is InChI=1S/C12H16O3S2/c1-17(14,15)10-7-5-9(6-8-10)16-12-4-2-3-11(12)13/h5-8,11-13H,2-4H2,1H3. The number of sulfone groups is 1. The van der Waals surface area contributed by atoms with Crippen LogP contribution in [0.3, 0.4) is 0 Å². The van der Waals surface area contributed by atoms with Crippen LogP contribution in [0.15, 0.2) is 34.1 Å². The van der Waals surface area contributed by atoms with Crippen molar-refractivity contribution in [3.8, 4) is 0 Å². The van der Waals surface area contributed by atoms with E-state index in [1.165, 1.54) is 6.26 Å². The second-order valence-electron chi connectivity index (χ2n) is 4.40. The van der Waals surface area contributed by atoms with Crippen molar-refractivity contribution in [3.05, 3.63) is 24.3 Å². The molecule has 1 aromatic carbocycles. The second-order valence-corrected chi connectivity index (χ2v) is 7.73. The van der Waals surface area contributed by atoms with Gasteiger partial charge in [-0.05, 0) is 43.5 Å². The van der Waals surface area contributed by atoms with Crippen LogP contribution in [0.5, 0.6) is 0 Å².